The van der Waals surface area contributed by atoms with Crippen molar-refractivity contribution >= 4 is 38.4 Å². The molecule has 1 N–H and O–H groups in total. The first-order valence-electron chi connectivity index (χ1n) is 6.10. The highest BCUT2D eigenvalue weighted by molar-refractivity contribution is 7.92. The molecule has 0 radical (unpaired) electrons. The van der Waals surface area contributed by atoms with Crippen LogP contribution < -0.4 is 4.72 Å². The number of hydrogen-bond acceptors (Lipinski definition) is 4. The normalized spacial score (nSPS) is 11.7. The third kappa shape index (κ3) is 2.86. The lowest BCUT2D eigenvalue weighted by molar-refractivity contribution is 0.559. The van der Waals surface area contributed by atoms with Gasteiger partial charge in [-0.2, -0.15) is 0 Å². The van der Waals surface area contributed by atoms with Crippen LogP contribution in [0.4, 0.5) is 5.69 Å². The molecule has 3 aromatic rings. The van der Waals surface area contributed by atoms with Crippen LogP contribution in [0.1, 0.15) is 5.89 Å². The van der Waals surface area contributed by atoms with E-state index in [0.717, 1.165) is 0 Å². The fourth-order valence-electron chi connectivity index (χ4n) is 1.95. The van der Waals surface area contributed by atoms with E-state index in [4.69, 9.17) is 16.0 Å². The van der Waals surface area contributed by atoms with Gasteiger partial charge in [0, 0.05) is 18.0 Å². The molecule has 2 aromatic carbocycles. The third-order valence-electron chi connectivity index (χ3n) is 2.85. The number of oxazole rings is 1. The second kappa shape index (κ2) is 5.05. The number of halogens is 1. The summed E-state index contributed by atoms with van der Waals surface area (Å²) < 4.78 is 32.5. The first kappa shape index (κ1) is 13.9. The minimum absolute atomic E-state index is 0.103. The number of benzene rings is 2. The standard InChI is InChI=1S/C14H11ClN2O3S/c1-9-16-13-6-5-12(8-14(13)20-9)21(18,19)17-11-4-2-3-10(15)7-11/h2-8,17H,1H3. The van der Waals surface area contributed by atoms with Gasteiger partial charge in [-0.05, 0) is 30.3 Å². The van der Waals surface area contributed by atoms with Gasteiger partial charge >= 0.3 is 0 Å². The molecular weight excluding hydrogens is 312 g/mol. The van der Waals surface area contributed by atoms with E-state index in [1.165, 1.54) is 18.2 Å². The minimum atomic E-state index is -3.71. The maximum absolute atomic E-state index is 12.3. The second-order valence-corrected chi connectivity index (χ2v) is 6.60. The van der Waals surface area contributed by atoms with Crippen molar-refractivity contribution < 1.29 is 12.8 Å². The second-order valence-electron chi connectivity index (χ2n) is 4.48. The molecule has 0 aliphatic carbocycles. The summed E-state index contributed by atoms with van der Waals surface area (Å²) in [5.74, 6) is 0.488. The number of hydrogen-bond donors (Lipinski definition) is 1. The van der Waals surface area contributed by atoms with Gasteiger partial charge in [0.1, 0.15) is 5.52 Å². The summed E-state index contributed by atoms with van der Waals surface area (Å²) in [6.45, 7) is 1.71. The Morgan fingerprint density at radius 3 is 2.76 bits per heavy atom. The highest BCUT2D eigenvalue weighted by Crippen LogP contribution is 2.23. The fourth-order valence-corrected chi connectivity index (χ4v) is 3.21. The van der Waals surface area contributed by atoms with Gasteiger partial charge in [0.05, 0.1) is 10.6 Å². The van der Waals surface area contributed by atoms with Gasteiger partial charge in [0.25, 0.3) is 10.0 Å². The van der Waals surface area contributed by atoms with Crippen molar-refractivity contribution in [3.63, 3.8) is 0 Å². The number of aromatic nitrogens is 1. The molecule has 5 nitrogen and oxygen atoms in total. The predicted octanol–water partition coefficient (Wildman–Crippen LogP) is 3.59. The van der Waals surface area contributed by atoms with Crippen LogP contribution in [0.2, 0.25) is 5.02 Å². The Bertz CT molecular complexity index is 919. The van der Waals surface area contributed by atoms with Gasteiger partial charge in [-0.3, -0.25) is 4.72 Å². The smallest absolute Gasteiger partial charge is 0.262 e. The fraction of sp³-hybridized carbons (Fsp3) is 0.0714. The van der Waals surface area contributed by atoms with E-state index in [1.807, 2.05) is 0 Å². The Hall–Kier alpha value is -2.05. The van der Waals surface area contributed by atoms with Crippen LogP contribution >= 0.6 is 11.6 Å². The minimum Gasteiger partial charge on any atom is -0.441 e. The van der Waals surface area contributed by atoms with Crippen molar-refractivity contribution in [3.8, 4) is 0 Å². The molecular formula is C14H11ClN2O3S. The van der Waals surface area contributed by atoms with Crippen LogP contribution in [-0.4, -0.2) is 13.4 Å². The zero-order valence-corrected chi connectivity index (χ0v) is 12.6. The number of anilines is 1. The molecule has 0 fully saturated rings. The van der Waals surface area contributed by atoms with Crippen molar-refractivity contribution in [2.45, 2.75) is 11.8 Å². The third-order valence-corrected chi connectivity index (χ3v) is 4.47. The van der Waals surface area contributed by atoms with Crippen LogP contribution in [0.25, 0.3) is 11.1 Å². The van der Waals surface area contributed by atoms with Gasteiger partial charge in [-0.1, -0.05) is 17.7 Å². The molecule has 0 spiro atoms. The zero-order chi connectivity index (χ0) is 15.0. The maximum atomic E-state index is 12.3. The van der Waals surface area contributed by atoms with E-state index in [2.05, 4.69) is 9.71 Å². The number of fused-ring (bicyclic) bond motifs is 1. The number of rotatable bonds is 3. The van der Waals surface area contributed by atoms with Crippen LogP contribution in [0.15, 0.2) is 51.8 Å². The molecule has 0 saturated carbocycles. The first-order valence-corrected chi connectivity index (χ1v) is 7.96. The highest BCUT2D eigenvalue weighted by atomic mass is 35.5. The molecule has 3 rings (SSSR count). The van der Waals surface area contributed by atoms with Gasteiger partial charge in [0.15, 0.2) is 11.5 Å². The summed E-state index contributed by atoms with van der Waals surface area (Å²) in [5.41, 5.74) is 1.45. The molecule has 1 heterocycles. The van der Waals surface area contributed by atoms with E-state index in [9.17, 15) is 8.42 Å². The SMILES string of the molecule is Cc1nc2ccc(S(=O)(=O)Nc3cccc(Cl)c3)cc2o1. The van der Waals surface area contributed by atoms with Crippen molar-refractivity contribution in [2.24, 2.45) is 0 Å². The van der Waals surface area contributed by atoms with Crippen molar-refractivity contribution in [1.82, 2.24) is 4.98 Å². The van der Waals surface area contributed by atoms with Crippen molar-refractivity contribution in [2.75, 3.05) is 4.72 Å². The Morgan fingerprint density at radius 2 is 2.00 bits per heavy atom. The topological polar surface area (TPSA) is 72.2 Å². The molecule has 7 heteroatoms. The largest absolute Gasteiger partial charge is 0.441 e. The molecule has 0 amide bonds. The summed E-state index contributed by atoms with van der Waals surface area (Å²) in [6.07, 6.45) is 0. The average molecular weight is 323 g/mol. The van der Waals surface area contributed by atoms with E-state index < -0.39 is 10.0 Å². The lowest BCUT2D eigenvalue weighted by atomic mass is 10.3. The molecule has 0 bridgehead atoms. The Kier molecular flexibility index (Phi) is 3.35. The molecule has 0 aliphatic heterocycles. The summed E-state index contributed by atoms with van der Waals surface area (Å²) in [5, 5.41) is 0.455. The molecule has 0 saturated heterocycles. The highest BCUT2D eigenvalue weighted by Gasteiger charge is 2.16. The Labute approximate surface area is 126 Å². The summed E-state index contributed by atoms with van der Waals surface area (Å²) in [7, 11) is -3.71. The predicted molar refractivity (Wildman–Crippen MR) is 81.0 cm³/mol. The maximum Gasteiger partial charge on any atom is 0.262 e. The van der Waals surface area contributed by atoms with Crippen LogP contribution in [0, 0.1) is 6.92 Å². The van der Waals surface area contributed by atoms with E-state index in [-0.39, 0.29) is 4.90 Å². The molecule has 0 aliphatic rings. The average Bonchev–Trinajstić information content (AvgIpc) is 2.77. The molecule has 0 atom stereocenters. The van der Waals surface area contributed by atoms with Gasteiger partial charge in [0.2, 0.25) is 0 Å². The summed E-state index contributed by atoms with van der Waals surface area (Å²) in [6, 6.07) is 11.0. The number of nitrogens with one attached hydrogen (secondary N) is 1. The number of nitrogens with zero attached hydrogens (tertiary/aromatic N) is 1. The Morgan fingerprint density at radius 1 is 1.19 bits per heavy atom. The summed E-state index contributed by atoms with van der Waals surface area (Å²) >= 11 is 5.84. The molecule has 0 unspecified atom stereocenters. The van der Waals surface area contributed by atoms with Crippen LogP contribution in [0.3, 0.4) is 0 Å². The number of sulfonamides is 1. The number of aryl methyl sites for hydroxylation is 1. The molecule has 108 valence electrons. The molecule has 1 aromatic heterocycles. The van der Waals surface area contributed by atoms with Gasteiger partial charge in [-0.25, -0.2) is 13.4 Å². The van der Waals surface area contributed by atoms with E-state index in [1.54, 1.807) is 31.2 Å². The van der Waals surface area contributed by atoms with E-state index in [0.29, 0.717) is 27.7 Å². The lowest BCUT2D eigenvalue weighted by Crippen LogP contribution is -2.12. The van der Waals surface area contributed by atoms with Crippen LogP contribution in [-0.2, 0) is 10.0 Å². The summed E-state index contributed by atoms with van der Waals surface area (Å²) in [4.78, 5) is 4.24. The zero-order valence-electron chi connectivity index (χ0n) is 11.0. The quantitative estimate of drug-likeness (QED) is 0.799. The van der Waals surface area contributed by atoms with Gasteiger partial charge < -0.3 is 4.42 Å². The lowest BCUT2D eigenvalue weighted by Gasteiger charge is -2.08. The first-order chi connectivity index (χ1) is 9.94. The van der Waals surface area contributed by atoms with Crippen LogP contribution in [0.5, 0.6) is 0 Å². The van der Waals surface area contributed by atoms with Gasteiger partial charge in [-0.15, -0.1) is 0 Å². The van der Waals surface area contributed by atoms with Crippen molar-refractivity contribution in [3.05, 3.63) is 53.4 Å². The molecule has 21 heavy (non-hydrogen) atoms. The monoisotopic (exact) mass is 322 g/mol. The van der Waals surface area contributed by atoms with E-state index >= 15 is 0 Å². The Balaban J connectivity index is 1.99. The van der Waals surface area contributed by atoms with Crippen molar-refractivity contribution in [1.29, 1.82) is 0 Å².